The molecule has 2 aliphatic rings. The lowest BCUT2D eigenvalue weighted by Gasteiger charge is -2.39. The van der Waals surface area contributed by atoms with Gasteiger partial charge in [0.25, 0.3) is 0 Å². The molecule has 0 aliphatic carbocycles. The van der Waals surface area contributed by atoms with Crippen LogP contribution < -0.4 is 26.1 Å². The third kappa shape index (κ3) is 3.94. The number of amides is 1. The van der Waals surface area contributed by atoms with E-state index in [2.05, 4.69) is 32.4 Å². The summed E-state index contributed by atoms with van der Waals surface area (Å²) in [5.74, 6) is 0.688. The first-order chi connectivity index (χ1) is 15.0. The van der Waals surface area contributed by atoms with Gasteiger partial charge in [0.05, 0.1) is 42.2 Å². The van der Waals surface area contributed by atoms with Crippen molar-refractivity contribution in [2.75, 3.05) is 24.8 Å². The number of nitrogens with zero attached hydrogens (tertiary/aromatic N) is 4. The number of pyridine rings is 1. The van der Waals surface area contributed by atoms with E-state index in [1.165, 1.54) is 18.3 Å². The zero-order valence-corrected chi connectivity index (χ0v) is 17.1. The first-order valence-corrected chi connectivity index (χ1v) is 9.80. The summed E-state index contributed by atoms with van der Waals surface area (Å²) in [7, 11) is 3.21. The molecule has 4 rings (SSSR count). The summed E-state index contributed by atoms with van der Waals surface area (Å²) in [5.41, 5.74) is 4.71. The third-order valence-electron chi connectivity index (χ3n) is 5.51. The maximum atomic E-state index is 12.8. The van der Waals surface area contributed by atoms with E-state index >= 15 is 0 Å². The number of rotatable bonds is 5. The molecule has 4 N–H and O–H groups in total. The number of ether oxygens (including phenoxy) is 1. The highest BCUT2D eigenvalue weighted by Gasteiger charge is 2.48. The molecule has 2 fully saturated rings. The van der Waals surface area contributed by atoms with Crippen LogP contribution in [-0.4, -0.2) is 48.4 Å². The predicted molar refractivity (Wildman–Crippen MR) is 112 cm³/mol. The van der Waals surface area contributed by atoms with Crippen molar-refractivity contribution >= 4 is 17.4 Å². The molecule has 2 saturated heterocycles. The Hall–Kier alpha value is -3.86. The van der Waals surface area contributed by atoms with Crippen LogP contribution in [0.25, 0.3) is 0 Å². The maximum Gasteiger partial charge on any atom is 0.244 e. The van der Waals surface area contributed by atoms with Crippen molar-refractivity contribution < 1.29 is 9.53 Å². The van der Waals surface area contributed by atoms with Gasteiger partial charge in [-0.2, -0.15) is 10.5 Å². The molecule has 4 unspecified atom stereocenters. The van der Waals surface area contributed by atoms with E-state index in [1.54, 1.807) is 31.3 Å². The molecule has 0 bridgehead atoms. The minimum Gasteiger partial charge on any atom is -0.493 e. The molecule has 10 nitrogen and oxygen atoms in total. The molecule has 4 atom stereocenters. The van der Waals surface area contributed by atoms with E-state index < -0.39 is 0 Å². The number of para-hydroxylation sites is 1. The van der Waals surface area contributed by atoms with Gasteiger partial charge in [-0.05, 0) is 24.3 Å². The molecular formula is C21H22N8O2. The quantitative estimate of drug-likeness (QED) is 0.559. The number of carbonyl (C=O) groups excluding carboxylic acids is 1. The van der Waals surface area contributed by atoms with Gasteiger partial charge in [-0.25, -0.2) is 10.4 Å². The van der Waals surface area contributed by atoms with Gasteiger partial charge in [-0.1, -0.05) is 6.07 Å². The van der Waals surface area contributed by atoms with Crippen molar-refractivity contribution in [3.63, 3.8) is 0 Å². The monoisotopic (exact) mass is 418 g/mol. The summed E-state index contributed by atoms with van der Waals surface area (Å²) < 4.78 is 5.45. The summed E-state index contributed by atoms with van der Waals surface area (Å²) >= 11 is 0. The molecule has 1 amide bonds. The number of hydrogen-bond acceptors (Lipinski definition) is 9. The number of aromatic nitrogens is 1. The number of carbonyl (C=O) groups is 1. The smallest absolute Gasteiger partial charge is 0.244 e. The van der Waals surface area contributed by atoms with E-state index in [-0.39, 0.29) is 30.2 Å². The van der Waals surface area contributed by atoms with Crippen molar-refractivity contribution in [1.29, 1.82) is 10.5 Å². The van der Waals surface area contributed by atoms with Gasteiger partial charge in [0.15, 0.2) is 5.75 Å². The van der Waals surface area contributed by atoms with E-state index in [4.69, 9.17) is 10.00 Å². The zero-order chi connectivity index (χ0) is 22.0. The molecule has 3 heterocycles. The average molecular weight is 418 g/mol. The fraction of sp³-hybridized carbons (Fsp3) is 0.333. The topological polar surface area (TPSA) is 138 Å². The van der Waals surface area contributed by atoms with E-state index in [1.807, 2.05) is 12.1 Å². The van der Waals surface area contributed by atoms with Crippen LogP contribution in [0.2, 0.25) is 0 Å². The molecule has 0 saturated carbocycles. The Kier molecular flexibility index (Phi) is 5.58. The number of piperidine rings is 1. The van der Waals surface area contributed by atoms with Crippen molar-refractivity contribution in [2.24, 2.45) is 5.92 Å². The standard InChI is InChI=1S/C21H22N8O2/c1-29-21(30)18-15(25-14-5-3-4-13(10-23)19(14)31-2)8-17(27-20(18)28-29)26-16-7-6-12(9-22)11-24-16/h3-7,11,15,17-18,20,25,27-28H,8H2,1-2H3,(H,24,26). The highest BCUT2D eigenvalue weighted by Crippen LogP contribution is 2.33. The van der Waals surface area contributed by atoms with Gasteiger partial charge in [-0.15, -0.1) is 0 Å². The number of anilines is 2. The Balaban J connectivity index is 1.59. The number of fused-ring (bicyclic) bond motifs is 1. The molecular weight excluding hydrogens is 396 g/mol. The molecule has 2 aromatic rings. The van der Waals surface area contributed by atoms with Crippen LogP contribution in [0.1, 0.15) is 17.5 Å². The first-order valence-electron chi connectivity index (χ1n) is 9.80. The Morgan fingerprint density at radius 3 is 2.74 bits per heavy atom. The van der Waals surface area contributed by atoms with Crippen molar-refractivity contribution in [3.8, 4) is 17.9 Å². The number of nitrogens with one attached hydrogen (secondary N) is 4. The van der Waals surface area contributed by atoms with Crippen LogP contribution in [0, 0.1) is 28.6 Å². The lowest BCUT2D eigenvalue weighted by molar-refractivity contribution is -0.131. The average Bonchev–Trinajstić information content (AvgIpc) is 3.07. The number of methoxy groups -OCH3 is 1. The highest BCUT2D eigenvalue weighted by molar-refractivity contribution is 5.82. The summed E-state index contributed by atoms with van der Waals surface area (Å²) in [4.78, 5) is 17.1. The fourth-order valence-electron chi connectivity index (χ4n) is 4.08. The van der Waals surface area contributed by atoms with Gasteiger partial charge in [0.1, 0.15) is 18.0 Å². The number of hydrogen-bond donors (Lipinski definition) is 4. The molecule has 2 aliphatic heterocycles. The SMILES string of the molecule is COc1c(C#N)cccc1NC1CC(Nc2ccc(C#N)cn2)NC2NN(C)C(=O)C12. The van der Waals surface area contributed by atoms with Crippen LogP contribution in [0.4, 0.5) is 11.5 Å². The summed E-state index contributed by atoms with van der Waals surface area (Å²) in [6, 6.07) is 12.7. The van der Waals surface area contributed by atoms with Crippen molar-refractivity contribution in [3.05, 3.63) is 47.7 Å². The second-order valence-electron chi connectivity index (χ2n) is 7.42. The summed E-state index contributed by atoms with van der Waals surface area (Å²) in [6.45, 7) is 0. The predicted octanol–water partition coefficient (Wildman–Crippen LogP) is 0.964. The number of nitriles is 2. The molecule has 1 aromatic carbocycles. The zero-order valence-electron chi connectivity index (χ0n) is 17.1. The van der Waals surface area contributed by atoms with Gasteiger partial charge in [0, 0.05) is 25.7 Å². The Morgan fingerprint density at radius 2 is 2.06 bits per heavy atom. The van der Waals surface area contributed by atoms with Crippen molar-refractivity contribution in [1.82, 2.24) is 20.7 Å². The largest absolute Gasteiger partial charge is 0.493 e. The number of hydrazine groups is 1. The van der Waals surface area contributed by atoms with Crippen molar-refractivity contribution in [2.45, 2.75) is 24.8 Å². The van der Waals surface area contributed by atoms with E-state index in [9.17, 15) is 10.1 Å². The molecule has 1 aromatic heterocycles. The fourth-order valence-corrected chi connectivity index (χ4v) is 4.08. The van der Waals surface area contributed by atoms with E-state index in [0.717, 1.165) is 0 Å². The van der Waals surface area contributed by atoms with Crippen LogP contribution >= 0.6 is 0 Å². The molecule has 31 heavy (non-hydrogen) atoms. The molecule has 0 spiro atoms. The Labute approximate surface area is 179 Å². The van der Waals surface area contributed by atoms with Crippen LogP contribution in [-0.2, 0) is 4.79 Å². The van der Waals surface area contributed by atoms with Gasteiger partial charge >= 0.3 is 0 Å². The van der Waals surface area contributed by atoms with E-state index in [0.29, 0.717) is 34.8 Å². The summed E-state index contributed by atoms with van der Waals surface area (Å²) in [5, 5.41) is 30.0. The Morgan fingerprint density at radius 1 is 1.23 bits per heavy atom. The molecule has 10 heteroatoms. The second kappa shape index (κ2) is 8.48. The Bertz CT molecular complexity index is 1060. The lowest BCUT2D eigenvalue weighted by atomic mass is 9.88. The van der Waals surface area contributed by atoms with Crippen LogP contribution in [0.3, 0.4) is 0 Å². The lowest BCUT2D eigenvalue weighted by Crippen LogP contribution is -2.60. The number of benzene rings is 1. The summed E-state index contributed by atoms with van der Waals surface area (Å²) in [6.07, 6.45) is 1.58. The normalized spacial score (nSPS) is 24.6. The van der Waals surface area contributed by atoms with Crippen LogP contribution in [0.15, 0.2) is 36.5 Å². The molecule has 158 valence electrons. The second-order valence-corrected chi connectivity index (χ2v) is 7.42. The first kappa shape index (κ1) is 20.4. The van der Waals surface area contributed by atoms with Crippen LogP contribution in [0.5, 0.6) is 5.75 Å². The minimum atomic E-state index is -0.354. The molecule has 0 radical (unpaired) electrons. The van der Waals surface area contributed by atoms with Gasteiger partial charge < -0.3 is 15.4 Å². The van der Waals surface area contributed by atoms with Gasteiger partial charge in [-0.3, -0.25) is 15.1 Å². The van der Waals surface area contributed by atoms with Gasteiger partial charge in [0.2, 0.25) is 5.91 Å². The highest BCUT2D eigenvalue weighted by atomic mass is 16.5. The minimum absolute atomic E-state index is 0.0275. The maximum absolute atomic E-state index is 12.8. The third-order valence-corrected chi connectivity index (χ3v) is 5.51.